The summed E-state index contributed by atoms with van der Waals surface area (Å²) in [5.41, 5.74) is 1.30. The number of fused-ring (bicyclic) bond motifs is 2. The van der Waals surface area contributed by atoms with Gasteiger partial charge in [-0.05, 0) is 6.92 Å². The predicted octanol–water partition coefficient (Wildman–Crippen LogP) is 1.85. The van der Waals surface area contributed by atoms with E-state index in [1.54, 1.807) is 45.0 Å². The summed E-state index contributed by atoms with van der Waals surface area (Å²) in [6.45, 7) is 4.77. The molecule has 1 aromatic heterocycles. The number of cyclic esters (lactones) is 2. The molecule has 7 heteroatoms. The van der Waals surface area contributed by atoms with Crippen LogP contribution in [0.25, 0.3) is 0 Å². The molecule has 7 nitrogen and oxygen atoms in total. The summed E-state index contributed by atoms with van der Waals surface area (Å²) in [6.07, 6.45) is -0.0556. The zero-order valence-electron chi connectivity index (χ0n) is 15.0. The minimum absolute atomic E-state index is 0.0351. The first-order chi connectivity index (χ1) is 12.7. The Bertz CT molecular complexity index is 1000. The highest BCUT2D eigenvalue weighted by molar-refractivity contribution is 6.28. The van der Waals surface area contributed by atoms with Gasteiger partial charge < -0.3 is 13.9 Å². The van der Waals surface area contributed by atoms with Gasteiger partial charge in [0.05, 0.1) is 19.4 Å². The highest BCUT2D eigenvalue weighted by Crippen LogP contribution is 2.34. The van der Waals surface area contributed by atoms with Crippen molar-refractivity contribution in [3.05, 3.63) is 58.0 Å². The third-order valence-electron chi connectivity index (χ3n) is 4.82. The fourth-order valence-electron chi connectivity index (χ4n) is 3.48. The Balaban J connectivity index is 1.72. The molecular weight excluding hydrogens is 352 g/mol. The van der Waals surface area contributed by atoms with Crippen LogP contribution in [0.5, 0.6) is 0 Å². The Hall–Kier alpha value is -3.22. The van der Waals surface area contributed by atoms with Crippen molar-refractivity contribution in [3.63, 3.8) is 0 Å². The van der Waals surface area contributed by atoms with Crippen molar-refractivity contribution in [1.29, 1.82) is 0 Å². The zero-order chi connectivity index (χ0) is 19.5. The van der Waals surface area contributed by atoms with Crippen LogP contribution in [0.15, 0.2) is 28.7 Å². The Labute approximate surface area is 154 Å². The molecule has 0 spiro atoms. The van der Waals surface area contributed by atoms with Crippen molar-refractivity contribution in [3.8, 4) is 0 Å². The van der Waals surface area contributed by atoms with Crippen molar-refractivity contribution in [1.82, 2.24) is 0 Å². The van der Waals surface area contributed by atoms with Gasteiger partial charge in [0.15, 0.2) is 11.5 Å². The number of rotatable bonds is 2. The van der Waals surface area contributed by atoms with Crippen LogP contribution in [0.4, 0.5) is 0 Å². The second kappa shape index (κ2) is 5.64. The third kappa shape index (κ3) is 2.58. The van der Waals surface area contributed by atoms with Crippen LogP contribution in [0.1, 0.15) is 57.2 Å². The quantitative estimate of drug-likeness (QED) is 0.389. The molecule has 2 N–H and O–H groups in total. The van der Waals surface area contributed by atoms with E-state index in [0.29, 0.717) is 16.7 Å². The number of hydrogen-bond acceptors (Lipinski definition) is 5. The molecule has 2 heterocycles. The number of ketones is 2. The molecule has 4 rings (SSSR count). The number of aliphatic carboxylic acids is 1. The average Bonchev–Trinajstić information content (AvgIpc) is 2.92. The predicted molar refractivity (Wildman–Crippen MR) is 93.3 cm³/mol. The molecule has 1 aromatic carbocycles. The van der Waals surface area contributed by atoms with Crippen molar-refractivity contribution in [2.45, 2.75) is 33.0 Å². The second-order valence-corrected chi connectivity index (χ2v) is 7.15. The Morgan fingerprint density at radius 1 is 1.11 bits per heavy atom. The van der Waals surface area contributed by atoms with Gasteiger partial charge in [0, 0.05) is 23.1 Å². The number of hydrogen-bond donors (Lipinski definition) is 0. The van der Waals surface area contributed by atoms with Crippen LogP contribution in [-0.4, -0.2) is 38.8 Å². The molecule has 1 unspecified atom stereocenters. The number of aliphatic hydroxyl groups is 1. The molecule has 1 atom stereocenters. The van der Waals surface area contributed by atoms with Gasteiger partial charge in [-0.15, -0.1) is 0 Å². The second-order valence-electron chi connectivity index (χ2n) is 7.15. The molecule has 0 radical (unpaired) electrons. The van der Waals surface area contributed by atoms with Gasteiger partial charge in [-0.25, -0.2) is 4.79 Å². The highest BCUT2D eigenvalue weighted by Gasteiger charge is 2.53. The maximum Gasteiger partial charge on any atom is 0.640 e. The van der Waals surface area contributed by atoms with Crippen LogP contribution in [-0.2, 0) is 16.0 Å². The van der Waals surface area contributed by atoms with E-state index in [2.05, 4.69) is 4.74 Å². The summed E-state index contributed by atoms with van der Waals surface area (Å²) in [5, 5.41) is 0. The van der Waals surface area contributed by atoms with Crippen LogP contribution in [0.2, 0.25) is 0 Å². The van der Waals surface area contributed by atoms with E-state index in [4.69, 9.17) is 9.15 Å². The fourth-order valence-corrected chi connectivity index (χ4v) is 3.48. The van der Waals surface area contributed by atoms with E-state index in [1.807, 2.05) is 0 Å². The summed E-state index contributed by atoms with van der Waals surface area (Å²) < 4.78 is 14.9. The number of benzene rings is 1. The summed E-state index contributed by atoms with van der Waals surface area (Å²) in [6, 6.07) is 6.55. The summed E-state index contributed by atoms with van der Waals surface area (Å²) >= 11 is 0. The third-order valence-corrected chi connectivity index (χ3v) is 4.82. The summed E-state index contributed by atoms with van der Waals surface area (Å²) in [4.78, 5) is 47.9. The molecule has 2 aromatic rings. The highest BCUT2D eigenvalue weighted by atomic mass is 16.7. The molecule has 1 aliphatic carbocycles. The van der Waals surface area contributed by atoms with Gasteiger partial charge in [-0.3, -0.25) is 14.4 Å². The molecule has 27 heavy (non-hydrogen) atoms. The van der Waals surface area contributed by atoms with Crippen molar-refractivity contribution in [2.24, 2.45) is 5.92 Å². The molecule has 0 saturated carbocycles. The Kier molecular flexibility index (Phi) is 3.59. The van der Waals surface area contributed by atoms with Crippen LogP contribution in [0, 0.1) is 12.8 Å². The van der Waals surface area contributed by atoms with Gasteiger partial charge >= 0.3 is 17.7 Å². The lowest BCUT2D eigenvalue weighted by molar-refractivity contribution is -0.258. The molecule has 0 bridgehead atoms. The minimum atomic E-state index is -1.14. The lowest BCUT2D eigenvalue weighted by Gasteiger charge is -2.26. The minimum Gasteiger partial charge on any atom is -0.480 e. The van der Waals surface area contributed by atoms with Gasteiger partial charge in [0.25, 0.3) is 5.92 Å². The molecular formula is C20H18O7+2. The van der Waals surface area contributed by atoms with E-state index in [0.717, 1.165) is 0 Å². The molecule has 138 valence electrons. The van der Waals surface area contributed by atoms with Gasteiger partial charge in [-0.1, -0.05) is 24.3 Å². The molecule has 2 aliphatic rings. The fraction of sp³-hybridized carbons (Fsp3) is 0.300. The van der Waals surface area contributed by atoms with Gasteiger partial charge in [0.1, 0.15) is 5.76 Å². The molecule has 0 amide bonds. The van der Waals surface area contributed by atoms with Crippen molar-refractivity contribution >= 4 is 23.5 Å². The van der Waals surface area contributed by atoms with E-state index in [-0.39, 0.29) is 41.0 Å². The van der Waals surface area contributed by atoms with Crippen LogP contribution in [0.3, 0.4) is 0 Å². The number of ether oxygens (including phenoxy) is 2. The summed E-state index contributed by atoms with van der Waals surface area (Å²) in [5.74, 6) is -3.60. The standard InChI is InChI=1S/C20H16O7/c1-9-13(8-12-18(23)26-20(2,3)27-19(12)24)25-17-14(9)15(21)10-6-4-5-7-11(10)16(17)22/h4-7,12H,8H2,1-3H3/p+2. The molecule has 1 aliphatic heterocycles. The SMILES string of the molecule is Cc1c(CC2C(=O)OC(C)(C)[OH+]C2=[OH+])oc2c1C(=O)c1ccccc1C2=O. The van der Waals surface area contributed by atoms with Gasteiger partial charge in [-0.2, -0.15) is 0 Å². The lowest BCUT2D eigenvalue weighted by Crippen LogP contribution is -2.50. The van der Waals surface area contributed by atoms with E-state index in [1.165, 1.54) is 0 Å². The van der Waals surface area contributed by atoms with E-state index in [9.17, 15) is 19.2 Å². The van der Waals surface area contributed by atoms with Crippen LogP contribution >= 0.6 is 0 Å². The number of furan rings is 1. The first-order valence-electron chi connectivity index (χ1n) is 8.52. The number of carbonyl (C=O) groups excluding carboxylic acids is 3. The Morgan fingerprint density at radius 3 is 2.37 bits per heavy atom. The maximum atomic E-state index is 12.8. The smallest absolute Gasteiger partial charge is 0.480 e. The average molecular weight is 370 g/mol. The van der Waals surface area contributed by atoms with Crippen molar-refractivity contribution in [2.75, 3.05) is 0 Å². The lowest BCUT2D eigenvalue weighted by atomic mass is 9.86. The topological polar surface area (TPSA) is 108 Å². The zero-order valence-corrected chi connectivity index (χ0v) is 15.0. The maximum absolute atomic E-state index is 12.8. The van der Waals surface area contributed by atoms with E-state index < -0.39 is 17.7 Å². The van der Waals surface area contributed by atoms with Crippen molar-refractivity contribution < 1.29 is 33.1 Å². The van der Waals surface area contributed by atoms with Crippen LogP contribution < -0.4 is 0 Å². The first-order valence-corrected chi connectivity index (χ1v) is 8.52. The number of carboxylic acids is 1. The van der Waals surface area contributed by atoms with E-state index >= 15 is 0 Å². The van der Waals surface area contributed by atoms with Gasteiger partial charge in [0.2, 0.25) is 5.78 Å². The largest absolute Gasteiger partial charge is 0.640 e. The summed E-state index contributed by atoms with van der Waals surface area (Å²) in [7, 11) is 0. The normalized spacial score (nSPS) is 20.6. The monoisotopic (exact) mass is 370 g/mol. The number of carbonyl (C=O) groups is 3. The first kappa shape index (κ1) is 17.2. The molecule has 1 fully saturated rings. The molecule has 1 saturated heterocycles. The number of esters is 1. The Morgan fingerprint density at radius 2 is 1.74 bits per heavy atom.